The van der Waals surface area contributed by atoms with E-state index in [-0.39, 0.29) is 23.1 Å². The van der Waals surface area contributed by atoms with Gasteiger partial charge in [0.15, 0.2) is 0 Å². The average Bonchev–Trinajstić information content (AvgIpc) is 2.38. The van der Waals surface area contributed by atoms with Crippen LogP contribution in [-0.4, -0.2) is 49.6 Å². The second-order valence-corrected chi connectivity index (χ2v) is 5.94. The smallest absolute Gasteiger partial charge is 0.430 e. The second kappa shape index (κ2) is 6.58. The van der Waals surface area contributed by atoms with Crippen LogP contribution in [0.2, 0.25) is 0 Å². The highest BCUT2D eigenvalue weighted by molar-refractivity contribution is 8.14. The number of hydrogen-bond donors (Lipinski definition) is 3. The summed E-state index contributed by atoms with van der Waals surface area (Å²) in [4.78, 5) is 23.1. The highest BCUT2D eigenvalue weighted by Crippen LogP contribution is 2.22. The van der Waals surface area contributed by atoms with Gasteiger partial charge in [-0.1, -0.05) is 19.9 Å². The molecule has 108 valence electrons. The first-order valence-electron chi connectivity index (χ1n) is 5.94. The summed E-state index contributed by atoms with van der Waals surface area (Å²) in [6.45, 7) is 4.03. The Morgan fingerprint density at radius 2 is 2.00 bits per heavy atom. The average molecular weight is 289 g/mol. The maximum absolute atomic E-state index is 11.1. The van der Waals surface area contributed by atoms with E-state index in [1.807, 2.05) is 13.8 Å². The Kier molecular flexibility index (Phi) is 5.37. The van der Waals surface area contributed by atoms with Gasteiger partial charge in [0, 0.05) is 12.1 Å². The van der Waals surface area contributed by atoms with Crippen LogP contribution in [0.5, 0.6) is 0 Å². The molecule has 0 radical (unpaired) electrons. The number of carboxylic acid groups (broad SMARTS) is 2. The Bertz CT molecular complexity index is 436. The van der Waals surface area contributed by atoms with Crippen LogP contribution < -0.4 is 5.14 Å². The van der Waals surface area contributed by atoms with E-state index in [0.29, 0.717) is 5.01 Å². The fourth-order valence-electron chi connectivity index (χ4n) is 1.97. The van der Waals surface area contributed by atoms with Crippen LogP contribution in [0.3, 0.4) is 0 Å². The maximum atomic E-state index is 11.1. The Balaban J connectivity index is 3.06. The monoisotopic (exact) mass is 289 g/mol. The van der Waals surface area contributed by atoms with E-state index in [4.69, 9.17) is 15.4 Å². The normalized spacial score (nSPS) is 21.2. The first-order chi connectivity index (χ1) is 8.92. The first-order valence-corrected chi connectivity index (χ1v) is 7.39. The molecule has 7 nitrogen and oxygen atoms in total. The Morgan fingerprint density at radius 1 is 1.37 bits per heavy atom. The van der Waals surface area contributed by atoms with Crippen LogP contribution in [-0.2, 0) is 0 Å². The van der Waals surface area contributed by atoms with Gasteiger partial charge >= 0.3 is 12.2 Å². The van der Waals surface area contributed by atoms with E-state index >= 15 is 0 Å². The van der Waals surface area contributed by atoms with Crippen molar-refractivity contribution in [2.45, 2.75) is 20.3 Å². The summed E-state index contributed by atoms with van der Waals surface area (Å²) in [5.41, 5.74) is 0. The number of nitrogens with zero attached hydrogens (tertiary/aromatic N) is 2. The van der Waals surface area contributed by atoms with Crippen molar-refractivity contribution in [3.05, 3.63) is 12.3 Å². The summed E-state index contributed by atoms with van der Waals surface area (Å²) in [5.74, 6) is 0.661. The number of amides is 2. The largest absolute Gasteiger partial charge is 0.464 e. The third-order valence-electron chi connectivity index (χ3n) is 2.92. The van der Waals surface area contributed by atoms with Gasteiger partial charge in [0.05, 0.1) is 6.54 Å². The van der Waals surface area contributed by atoms with Gasteiger partial charge in [-0.05, 0) is 17.0 Å². The van der Waals surface area contributed by atoms with Crippen molar-refractivity contribution in [1.29, 1.82) is 0 Å². The summed E-state index contributed by atoms with van der Waals surface area (Å²) in [6, 6.07) is 0. The van der Waals surface area contributed by atoms with Gasteiger partial charge in [-0.3, -0.25) is 5.14 Å². The van der Waals surface area contributed by atoms with Gasteiger partial charge in [0.1, 0.15) is 0 Å². The number of hydrogen-bond acceptors (Lipinski definition) is 3. The fourth-order valence-corrected chi connectivity index (χ4v) is 3.26. The van der Waals surface area contributed by atoms with Crippen LogP contribution in [0.25, 0.3) is 0 Å². The predicted molar refractivity (Wildman–Crippen MR) is 74.8 cm³/mol. The van der Waals surface area contributed by atoms with Gasteiger partial charge in [-0.15, -0.1) is 10.7 Å². The summed E-state index contributed by atoms with van der Waals surface area (Å²) in [6.07, 6.45) is 1.11. The van der Waals surface area contributed by atoms with Crippen molar-refractivity contribution in [2.24, 2.45) is 11.1 Å². The quantitative estimate of drug-likeness (QED) is 0.686. The van der Waals surface area contributed by atoms with E-state index in [1.165, 1.54) is 6.20 Å². The van der Waals surface area contributed by atoms with E-state index in [2.05, 4.69) is 0 Å². The summed E-state index contributed by atoms with van der Waals surface area (Å²) in [7, 11) is -0.383. The van der Waals surface area contributed by atoms with Crippen molar-refractivity contribution >= 4 is 27.7 Å². The van der Waals surface area contributed by atoms with E-state index in [0.717, 1.165) is 22.0 Å². The third-order valence-corrected chi connectivity index (χ3v) is 4.80. The molecule has 1 aliphatic rings. The van der Waals surface area contributed by atoms with Gasteiger partial charge in [-0.25, -0.2) is 14.6 Å². The zero-order chi connectivity index (χ0) is 14.6. The van der Waals surface area contributed by atoms with E-state index in [1.54, 1.807) is 6.08 Å². The topological polar surface area (TPSA) is 107 Å². The lowest BCUT2D eigenvalue weighted by Crippen LogP contribution is -2.51. The fraction of sp³-hybridized carbons (Fsp3) is 0.545. The van der Waals surface area contributed by atoms with Crippen molar-refractivity contribution in [1.82, 2.24) is 10.0 Å². The Morgan fingerprint density at radius 3 is 2.42 bits per heavy atom. The molecule has 2 amide bonds. The molecule has 0 aromatic heterocycles. The molecule has 8 heteroatoms. The van der Waals surface area contributed by atoms with Gasteiger partial charge in [0.25, 0.3) is 0 Å². The molecule has 1 rings (SSSR count). The molecule has 0 aromatic rings. The molecule has 0 aliphatic carbocycles. The summed E-state index contributed by atoms with van der Waals surface area (Å²) < 4.78 is 0. The SMILES string of the molecule is CC/C(C1C=CN(C(=O)O)N(C(=O)O)C1)=S(/N)CC. The van der Waals surface area contributed by atoms with E-state index < -0.39 is 12.2 Å². The molecule has 1 heterocycles. The van der Waals surface area contributed by atoms with Crippen LogP contribution in [0.1, 0.15) is 20.3 Å². The molecule has 0 spiro atoms. The Hall–Kier alpha value is -1.54. The number of hydrazine groups is 1. The molecule has 1 aliphatic heterocycles. The number of rotatable bonds is 3. The predicted octanol–water partition coefficient (Wildman–Crippen LogP) is 1.75. The highest BCUT2D eigenvalue weighted by atomic mass is 32.2. The molecule has 0 saturated heterocycles. The van der Waals surface area contributed by atoms with Crippen LogP contribution in [0.15, 0.2) is 12.3 Å². The molecular formula is C11H19N3O4S. The molecule has 0 saturated carbocycles. The highest BCUT2D eigenvalue weighted by Gasteiger charge is 2.31. The van der Waals surface area contributed by atoms with E-state index in [9.17, 15) is 9.59 Å². The molecule has 19 heavy (non-hydrogen) atoms. The van der Waals surface area contributed by atoms with Gasteiger partial charge < -0.3 is 10.2 Å². The lowest BCUT2D eigenvalue weighted by molar-refractivity contribution is 0.0231. The number of carbonyl (C=O) groups is 2. The van der Waals surface area contributed by atoms with Crippen LogP contribution in [0.4, 0.5) is 9.59 Å². The molecular weight excluding hydrogens is 270 g/mol. The Labute approximate surface area is 114 Å². The minimum atomic E-state index is -1.32. The minimum absolute atomic E-state index is 0.0853. The first kappa shape index (κ1) is 15.5. The summed E-state index contributed by atoms with van der Waals surface area (Å²) in [5, 5.41) is 25.5. The molecule has 2 unspecified atom stereocenters. The molecule has 0 aromatic carbocycles. The molecule has 2 atom stereocenters. The molecule has 4 N–H and O–H groups in total. The standard InChI is InChI=1S/C11H19N3O4S/c1-3-9(19(12)4-2)8-5-6-13(10(15)16)14(7-8)11(17)18/h5-6,8H,3-4,7,12H2,1-2H3,(H,15,16)(H,17,18). The lowest BCUT2D eigenvalue weighted by atomic mass is 10.0. The van der Waals surface area contributed by atoms with Crippen LogP contribution in [0, 0.1) is 5.92 Å². The van der Waals surface area contributed by atoms with Crippen molar-refractivity contribution < 1.29 is 19.8 Å². The second-order valence-electron chi connectivity index (χ2n) is 3.98. The third kappa shape index (κ3) is 3.48. The lowest BCUT2D eigenvalue weighted by Gasteiger charge is -2.35. The minimum Gasteiger partial charge on any atom is -0.464 e. The zero-order valence-electron chi connectivity index (χ0n) is 10.9. The molecule has 0 bridgehead atoms. The van der Waals surface area contributed by atoms with Gasteiger partial charge in [-0.2, -0.15) is 5.01 Å². The summed E-state index contributed by atoms with van der Waals surface area (Å²) >= 11 is 0. The molecule has 0 fully saturated rings. The zero-order valence-corrected chi connectivity index (χ0v) is 11.8. The van der Waals surface area contributed by atoms with Crippen molar-refractivity contribution in [2.75, 3.05) is 12.3 Å². The van der Waals surface area contributed by atoms with Crippen molar-refractivity contribution in [3.63, 3.8) is 0 Å². The van der Waals surface area contributed by atoms with Crippen molar-refractivity contribution in [3.8, 4) is 0 Å². The number of nitrogens with two attached hydrogens (primary N) is 1. The van der Waals surface area contributed by atoms with Gasteiger partial charge in [0.2, 0.25) is 0 Å². The van der Waals surface area contributed by atoms with Crippen LogP contribution >= 0.6 is 10.7 Å². The maximum Gasteiger partial charge on any atom is 0.430 e.